The molecule has 3 rings (SSSR count). The van der Waals surface area contributed by atoms with E-state index in [0.717, 1.165) is 6.42 Å². The van der Waals surface area contributed by atoms with Crippen molar-refractivity contribution in [3.8, 4) is 0 Å². The van der Waals surface area contributed by atoms with Crippen LogP contribution in [0.15, 0.2) is 0 Å². The van der Waals surface area contributed by atoms with Gasteiger partial charge in [-0.3, -0.25) is 9.59 Å². The second-order valence-corrected chi connectivity index (χ2v) is 8.01. The first kappa shape index (κ1) is 21.5. The van der Waals surface area contributed by atoms with Crippen LogP contribution in [0.25, 0.3) is 0 Å². The van der Waals surface area contributed by atoms with Crippen LogP contribution in [0.4, 0.5) is 13.2 Å². The van der Waals surface area contributed by atoms with E-state index >= 15 is 0 Å². The lowest BCUT2D eigenvalue weighted by Gasteiger charge is -2.34. The third kappa shape index (κ3) is 5.04. The van der Waals surface area contributed by atoms with E-state index in [-0.39, 0.29) is 54.8 Å². The number of nitrogens with zero attached hydrogens (tertiary/aromatic N) is 4. The van der Waals surface area contributed by atoms with E-state index in [2.05, 4.69) is 16.9 Å². The molecule has 0 aliphatic carbocycles. The van der Waals surface area contributed by atoms with Crippen LogP contribution in [0.5, 0.6) is 0 Å². The molecule has 160 valence electrons. The molecular formula is C19H26F3N5O2. The number of carbonyl (C=O) groups excluding carboxylic acids is 2. The molecule has 0 radical (unpaired) electrons. The third-order valence-electron chi connectivity index (χ3n) is 5.43. The predicted octanol–water partition coefficient (Wildman–Crippen LogP) is 1.66. The number of aryl methyl sites for hydroxylation is 1. The van der Waals surface area contributed by atoms with E-state index in [1.807, 2.05) is 0 Å². The Hall–Kier alpha value is -2.23. The summed E-state index contributed by atoms with van der Waals surface area (Å²) in [5, 5.41) is 0. The maximum atomic E-state index is 13.2. The minimum absolute atomic E-state index is 0.00695. The molecule has 29 heavy (non-hydrogen) atoms. The van der Waals surface area contributed by atoms with Gasteiger partial charge in [-0.05, 0) is 25.7 Å². The van der Waals surface area contributed by atoms with E-state index in [1.54, 1.807) is 4.90 Å². The van der Waals surface area contributed by atoms with Gasteiger partial charge in [0.05, 0.1) is 12.2 Å². The first-order valence-corrected chi connectivity index (χ1v) is 9.79. The molecule has 0 bridgehead atoms. The SMILES string of the molecule is Cc1nc2c(c(C(F)(F)F)n1)CCN(C(=O)C[C@@H](N)CN1CC(C)CCC1=O)C2. The van der Waals surface area contributed by atoms with Crippen molar-refractivity contribution in [3.63, 3.8) is 0 Å². The molecule has 2 amide bonds. The second-order valence-electron chi connectivity index (χ2n) is 8.01. The summed E-state index contributed by atoms with van der Waals surface area (Å²) in [6.45, 7) is 4.58. The highest BCUT2D eigenvalue weighted by atomic mass is 19.4. The summed E-state index contributed by atoms with van der Waals surface area (Å²) in [7, 11) is 0. The summed E-state index contributed by atoms with van der Waals surface area (Å²) in [5.74, 6) is 0.231. The van der Waals surface area contributed by atoms with Gasteiger partial charge >= 0.3 is 6.18 Å². The first-order valence-electron chi connectivity index (χ1n) is 9.79. The number of halogens is 3. The molecule has 0 saturated carbocycles. The number of alkyl halides is 3. The molecule has 1 unspecified atom stereocenters. The Morgan fingerprint density at radius 1 is 1.31 bits per heavy atom. The Morgan fingerprint density at radius 2 is 2.03 bits per heavy atom. The Labute approximate surface area is 167 Å². The quantitative estimate of drug-likeness (QED) is 0.811. The van der Waals surface area contributed by atoms with Crippen LogP contribution in [0, 0.1) is 12.8 Å². The minimum atomic E-state index is -4.55. The van der Waals surface area contributed by atoms with Crippen molar-refractivity contribution in [2.75, 3.05) is 19.6 Å². The fraction of sp³-hybridized carbons (Fsp3) is 0.684. The van der Waals surface area contributed by atoms with Crippen LogP contribution in [-0.4, -0.2) is 57.3 Å². The molecule has 3 heterocycles. The van der Waals surface area contributed by atoms with Gasteiger partial charge in [0.15, 0.2) is 5.69 Å². The number of hydrogen-bond donors (Lipinski definition) is 1. The van der Waals surface area contributed by atoms with Crippen molar-refractivity contribution in [2.24, 2.45) is 11.7 Å². The number of hydrogen-bond acceptors (Lipinski definition) is 5. The highest BCUT2D eigenvalue weighted by Gasteiger charge is 2.39. The van der Waals surface area contributed by atoms with Gasteiger partial charge in [-0.1, -0.05) is 6.92 Å². The number of aromatic nitrogens is 2. The average Bonchev–Trinajstić information content (AvgIpc) is 2.62. The maximum Gasteiger partial charge on any atom is 0.433 e. The Balaban J connectivity index is 1.63. The molecule has 2 N–H and O–H groups in total. The molecule has 0 aromatic carbocycles. The maximum absolute atomic E-state index is 13.2. The number of rotatable bonds is 4. The molecule has 2 aliphatic heterocycles. The van der Waals surface area contributed by atoms with Gasteiger partial charge in [0.25, 0.3) is 0 Å². The summed E-state index contributed by atoms with van der Waals surface area (Å²) in [6, 6.07) is -0.518. The van der Waals surface area contributed by atoms with Gasteiger partial charge in [-0.25, -0.2) is 9.97 Å². The zero-order chi connectivity index (χ0) is 21.3. The smallest absolute Gasteiger partial charge is 0.341 e. The predicted molar refractivity (Wildman–Crippen MR) is 98.5 cm³/mol. The van der Waals surface area contributed by atoms with Crippen molar-refractivity contribution in [3.05, 3.63) is 22.8 Å². The number of nitrogens with two attached hydrogens (primary N) is 1. The van der Waals surface area contributed by atoms with Gasteiger partial charge in [0.2, 0.25) is 11.8 Å². The van der Waals surface area contributed by atoms with Gasteiger partial charge in [-0.15, -0.1) is 0 Å². The standard InChI is InChI=1S/C19H26F3N5O2/c1-11-3-4-16(28)27(8-11)9-13(23)7-17(29)26-6-5-14-15(10-26)24-12(2)25-18(14)19(20,21)22/h11,13H,3-10,23H2,1-2H3/t11?,13-/m1/s1. The van der Waals surface area contributed by atoms with Crippen LogP contribution in [0.3, 0.4) is 0 Å². The van der Waals surface area contributed by atoms with Crippen molar-refractivity contribution < 1.29 is 22.8 Å². The van der Waals surface area contributed by atoms with Crippen molar-refractivity contribution >= 4 is 11.8 Å². The van der Waals surface area contributed by atoms with E-state index in [1.165, 1.54) is 11.8 Å². The van der Waals surface area contributed by atoms with E-state index in [9.17, 15) is 22.8 Å². The molecule has 7 nitrogen and oxygen atoms in total. The molecule has 2 aliphatic rings. The van der Waals surface area contributed by atoms with Gasteiger partial charge in [0, 0.05) is 44.1 Å². The number of fused-ring (bicyclic) bond motifs is 1. The Kier molecular flexibility index (Phi) is 6.11. The van der Waals surface area contributed by atoms with Crippen molar-refractivity contribution in [2.45, 2.75) is 58.3 Å². The molecule has 1 fully saturated rings. The van der Waals surface area contributed by atoms with Crippen LogP contribution in [0.2, 0.25) is 0 Å². The lowest BCUT2D eigenvalue weighted by molar-refractivity contribution is -0.142. The van der Waals surface area contributed by atoms with Crippen LogP contribution < -0.4 is 5.73 Å². The summed E-state index contributed by atoms with van der Waals surface area (Å²) < 4.78 is 39.7. The summed E-state index contributed by atoms with van der Waals surface area (Å²) >= 11 is 0. The fourth-order valence-electron chi connectivity index (χ4n) is 3.98. The Bertz CT molecular complexity index is 799. The highest BCUT2D eigenvalue weighted by Crippen LogP contribution is 2.33. The normalized spacial score (nSPS) is 21.2. The lowest BCUT2D eigenvalue weighted by Crippen LogP contribution is -2.48. The van der Waals surface area contributed by atoms with Crippen LogP contribution in [0.1, 0.15) is 49.0 Å². The largest absolute Gasteiger partial charge is 0.433 e. The second kappa shape index (κ2) is 8.25. The Morgan fingerprint density at radius 3 is 2.72 bits per heavy atom. The minimum Gasteiger partial charge on any atom is -0.341 e. The summed E-state index contributed by atoms with van der Waals surface area (Å²) in [6.07, 6.45) is -3.12. The molecule has 0 spiro atoms. The zero-order valence-electron chi connectivity index (χ0n) is 16.6. The summed E-state index contributed by atoms with van der Waals surface area (Å²) in [5.41, 5.74) is 5.48. The highest BCUT2D eigenvalue weighted by molar-refractivity contribution is 5.78. The molecule has 2 atom stereocenters. The number of piperidine rings is 1. The average molecular weight is 413 g/mol. The first-order chi connectivity index (χ1) is 13.5. The topological polar surface area (TPSA) is 92.4 Å². The lowest BCUT2D eigenvalue weighted by atomic mass is 9.98. The van der Waals surface area contributed by atoms with Gasteiger partial charge in [-0.2, -0.15) is 13.2 Å². The summed E-state index contributed by atoms with van der Waals surface area (Å²) in [4.78, 5) is 35.5. The fourth-order valence-corrected chi connectivity index (χ4v) is 3.98. The third-order valence-corrected chi connectivity index (χ3v) is 5.43. The number of amides is 2. The molecule has 1 saturated heterocycles. The van der Waals surface area contributed by atoms with Crippen LogP contribution >= 0.6 is 0 Å². The zero-order valence-corrected chi connectivity index (χ0v) is 16.6. The molecule has 10 heteroatoms. The molecule has 1 aromatic rings. The van der Waals surface area contributed by atoms with Crippen molar-refractivity contribution in [1.82, 2.24) is 19.8 Å². The van der Waals surface area contributed by atoms with E-state index in [0.29, 0.717) is 25.4 Å². The molecule has 1 aromatic heterocycles. The molecular weight excluding hydrogens is 387 g/mol. The number of carbonyl (C=O) groups is 2. The van der Waals surface area contributed by atoms with Gasteiger partial charge in [0.1, 0.15) is 5.82 Å². The number of likely N-dealkylation sites (tertiary alicyclic amines) is 1. The van der Waals surface area contributed by atoms with E-state index in [4.69, 9.17) is 5.73 Å². The van der Waals surface area contributed by atoms with E-state index < -0.39 is 17.9 Å². The van der Waals surface area contributed by atoms with Crippen molar-refractivity contribution in [1.29, 1.82) is 0 Å². The monoisotopic (exact) mass is 413 g/mol. The van der Waals surface area contributed by atoms with Gasteiger partial charge < -0.3 is 15.5 Å². The van der Waals surface area contributed by atoms with Crippen LogP contribution in [-0.2, 0) is 28.7 Å².